The number of anilines is 1. The summed E-state index contributed by atoms with van der Waals surface area (Å²) in [6, 6.07) is 3.65. The second-order valence-electron chi connectivity index (χ2n) is 4.09. The minimum atomic E-state index is -0.903. The molecule has 1 amide bonds. The lowest BCUT2D eigenvalue weighted by atomic mass is 10.1. The zero-order chi connectivity index (χ0) is 13.7. The first-order valence-electron chi connectivity index (χ1n) is 5.57. The molecule has 0 saturated carbocycles. The number of halogens is 1. The van der Waals surface area contributed by atoms with Crippen LogP contribution in [0.1, 0.15) is 23.7 Å². The summed E-state index contributed by atoms with van der Waals surface area (Å²) in [7, 11) is -0.903. The van der Waals surface area contributed by atoms with Crippen molar-refractivity contribution in [3.05, 3.63) is 29.6 Å². The van der Waals surface area contributed by atoms with E-state index in [-0.39, 0.29) is 22.4 Å². The summed E-state index contributed by atoms with van der Waals surface area (Å²) < 4.78 is 23.9. The van der Waals surface area contributed by atoms with E-state index in [2.05, 4.69) is 5.32 Å². The summed E-state index contributed by atoms with van der Waals surface area (Å²) in [5, 5.41) is 2.69. The number of hydrogen-bond donors (Lipinski definition) is 2. The van der Waals surface area contributed by atoms with Crippen LogP contribution in [0, 0.1) is 5.82 Å². The second-order valence-corrected chi connectivity index (χ2v) is 5.89. The van der Waals surface area contributed by atoms with E-state index in [0.29, 0.717) is 13.0 Å². The van der Waals surface area contributed by atoms with Crippen molar-refractivity contribution in [3.8, 4) is 0 Å². The van der Waals surface area contributed by atoms with Crippen LogP contribution in [0.25, 0.3) is 0 Å². The first kappa shape index (κ1) is 14.6. The van der Waals surface area contributed by atoms with Crippen molar-refractivity contribution in [2.24, 2.45) is 0 Å². The van der Waals surface area contributed by atoms with Gasteiger partial charge in [0.05, 0.1) is 5.56 Å². The number of nitrogens with one attached hydrogen (secondary N) is 1. The predicted octanol–water partition coefficient (Wildman–Crippen LogP) is 1.29. The SMILES string of the molecule is CC(CCNC(=O)c1ccc(F)cc1N)S(C)=O. The summed E-state index contributed by atoms with van der Waals surface area (Å²) in [4.78, 5) is 11.7. The molecule has 0 fully saturated rings. The van der Waals surface area contributed by atoms with Crippen molar-refractivity contribution >= 4 is 22.4 Å². The third-order valence-corrected chi connectivity index (χ3v) is 4.03. The number of carbonyl (C=O) groups excluding carboxylic acids is 1. The number of rotatable bonds is 5. The van der Waals surface area contributed by atoms with Gasteiger partial charge in [-0.1, -0.05) is 6.92 Å². The minimum absolute atomic E-state index is 0.0239. The highest BCUT2D eigenvalue weighted by Gasteiger charge is 2.11. The van der Waals surface area contributed by atoms with E-state index in [0.717, 1.165) is 6.07 Å². The van der Waals surface area contributed by atoms with Gasteiger partial charge in [0.15, 0.2) is 0 Å². The summed E-state index contributed by atoms with van der Waals surface area (Å²) in [6.07, 6.45) is 2.25. The highest BCUT2D eigenvalue weighted by Crippen LogP contribution is 2.13. The minimum Gasteiger partial charge on any atom is -0.398 e. The number of nitrogens with two attached hydrogens (primary N) is 1. The fraction of sp³-hybridized carbons (Fsp3) is 0.417. The van der Waals surface area contributed by atoms with Crippen molar-refractivity contribution in [1.29, 1.82) is 0 Å². The predicted molar refractivity (Wildman–Crippen MR) is 71.3 cm³/mol. The van der Waals surface area contributed by atoms with E-state index in [4.69, 9.17) is 5.73 Å². The molecule has 3 N–H and O–H groups in total. The van der Waals surface area contributed by atoms with Crippen LogP contribution >= 0.6 is 0 Å². The molecule has 1 aromatic carbocycles. The van der Waals surface area contributed by atoms with Crippen molar-refractivity contribution in [3.63, 3.8) is 0 Å². The zero-order valence-corrected chi connectivity index (χ0v) is 11.2. The fourth-order valence-corrected chi connectivity index (χ4v) is 1.84. The molecule has 100 valence electrons. The maximum Gasteiger partial charge on any atom is 0.253 e. The Kier molecular flexibility index (Phi) is 5.27. The standard InChI is InChI=1S/C12H17FN2O2S/c1-8(18(2)17)5-6-15-12(16)10-4-3-9(13)7-11(10)14/h3-4,7-8H,5-6,14H2,1-2H3,(H,15,16). The lowest BCUT2D eigenvalue weighted by Gasteiger charge is -2.10. The summed E-state index contributed by atoms with van der Waals surface area (Å²) in [5.41, 5.74) is 5.91. The average Bonchev–Trinajstić information content (AvgIpc) is 2.28. The Balaban J connectivity index is 2.53. The molecule has 0 aliphatic carbocycles. The lowest BCUT2D eigenvalue weighted by Crippen LogP contribution is -2.28. The number of hydrogen-bond acceptors (Lipinski definition) is 3. The molecule has 0 aliphatic rings. The van der Waals surface area contributed by atoms with Crippen molar-refractivity contribution in [2.45, 2.75) is 18.6 Å². The van der Waals surface area contributed by atoms with Gasteiger partial charge in [-0.25, -0.2) is 4.39 Å². The summed E-state index contributed by atoms with van der Waals surface area (Å²) >= 11 is 0. The number of nitrogen functional groups attached to an aromatic ring is 1. The molecule has 0 radical (unpaired) electrons. The van der Waals surface area contributed by atoms with Crippen LogP contribution in [0.15, 0.2) is 18.2 Å². The summed E-state index contributed by atoms with van der Waals surface area (Å²) in [5.74, 6) is -0.819. The van der Waals surface area contributed by atoms with Crippen molar-refractivity contribution in [2.75, 3.05) is 18.5 Å². The molecular weight excluding hydrogens is 255 g/mol. The van der Waals surface area contributed by atoms with Gasteiger partial charge in [0.2, 0.25) is 0 Å². The summed E-state index contributed by atoms with van der Waals surface area (Å²) in [6.45, 7) is 2.27. The molecule has 6 heteroatoms. The third-order valence-electron chi connectivity index (χ3n) is 2.66. The van der Waals surface area contributed by atoms with E-state index in [1.807, 2.05) is 6.92 Å². The molecule has 0 aliphatic heterocycles. The molecular formula is C12H17FN2O2S. The average molecular weight is 272 g/mol. The highest BCUT2D eigenvalue weighted by atomic mass is 32.2. The van der Waals surface area contributed by atoms with E-state index >= 15 is 0 Å². The van der Waals surface area contributed by atoms with Gasteiger partial charge in [0.1, 0.15) is 5.82 Å². The Hall–Kier alpha value is -1.43. The Morgan fingerprint density at radius 2 is 2.22 bits per heavy atom. The van der Waals surface area contributed by atoms with Gasteiger partial charge in [0, 0.05) is 34.5 Å². The van der Waals surface area contributed by atoms with Crippen molar-refractivity contribution < 1.29 is 13.4 Å². The van der Waals surface area contributed by atoms with Crippen LogP contribution in [0.5, 0.6) is 0 Å². The monoisotopic (exact) mass is 272 g/mol. The molecule has 0 bridgehead atoms. The Morgan fingerprint density at radius 1 is 1.56 bits per heavy atom. The van der Waals surface area contributed by atoms with Gasteiger partial charge in [-0.15, -0.1) is 0 Å². The molecule has 2 unspecified atom stereocenters. The van der Waals surface area contributed by atoms with Crippen LogP contribution in [-0.4, -0.2) is 28.2 Å². The molecule has 0 spiro atoms. The first-order valence-corrected chi connectivity index (χ1v) is 7.19. The Morgan fingerprint density at radius 3 is 2.78 bits per heavy atom. The zero-order valence-electron chi connectivity index (χ0n) is 10.4. The van der Waals surface area contributed by atoms with E-state index in [9.17, 15) is 13.4 Å². The first-order chi connectivity index (χ1) is 8.41. The van der Waals surface area contributed by atoms with Crippen LogP contribution in [0.3, 0.4) is 0 Å². The molecule has 0 aromatic heterocycles. The normalized spacial score (nSPS) is 13.9. The second kappa shape index (κ2) is 6.49. The quantitative estimate of drug-likeness (QED) is 0.793. The number of benzene rings is 1. The number of amides is 1. The van der Waals surface area contributed by atoms with Gasteiger partial charge in [-0.05, 0) is 24.6 Å². The maximum absolute atomic E-state index is 12.8. The van der Waals surface area contributed by atoms with Crippen LogP contribution in [-0.2, 0) is 10.8 Å². The van der Waals surface area contributed by atoms with Crippen molar-refractivity contribution in [1.82, 2.24) is 5.32 Å². The van der Waals surface area contributed by atoms with E-state index < -0.39 is 16.6 Å². The maximum atomic E-state index is 12.8. The lowest BCUT2D eigenvalue weighted by molar-refractivity contribution is 0.0954. The molecule has 2 atom stereocenters. The molecule has 18 heavy (non-hydrogen) atoms. The van der Waals surface area contributed by atoms with Gasteiger partial charge < -0.3 is 11.1 Å². The van der Waals surface area contributed by atoms with Gasteiger partial charge in [0.25, 0.3) is 5.91 Å². The number of carbonyl (C=O) groups is 1. The van der Waals surface area contributed by atoms with Gasteiger partial charge in [-0.2, -0.15) is 0 Å². The molecule has 4 nitrogen and oxygen atoms in total. The molecule has 1 aromatic rings. The van der Waals surface area contributed by atoms with E-state index in [1.165, 1.54) is 12.1 Å². The Bertz CT molecular complexity index is 465. The highest BCUT2D eigenvalue weighted by molar-refractivity contribution is 7.84. The van der Waals surface area contributed by atoms with Crippen LogP contribution in [0.2, 0.25) is 0 Å². The molecule has 0 saturated heterocycles. The topological polar surface area (TPSA) is 72.2 Å². The largest absolute Gasteiger partial charge is 0.398 e. The van der Waals surface area contributed by atoms with Gasteiger partial charge >= 0.3 is 0 Å². The smallest absolute Gasteiger partial charge is 0.253 e. The molecule has 0 heterocycles. The van der Waals surface area contributed by atoms with Crippen LogP contribution in [0.4, 0.5) is 10.1 Å². The van der Waals surface area contributed by atoms with Gasteiger partial charge in [-0.3, -0.25) is 9.00 Å². The van der Waals surface area contributed by atoms with Crippen LogP contribution < -0.4 is 11.1 Å². The van der Waals surface area contributed by atoms with E-state index in [1.54, 1.807) is 6.26 Å². The third kappa shape index (κ3) is 4.10. The molecule has 1 rings (SSSR count). The fourth-order valence-electron chi connectivity index (χ4n) is 1.39. The Labute approximate surface area is 108 Å².